The van der Waals surface area contributed by atoms with Crippen LogP contribution in [0.15, 0.2) is 24.3 Å². The maximum Gasteiger partial charge on any atom is 0.407 e. The van der Waals surface area contributed by atoms with Gasteiger partial charge in [0.15, 0.2) is 0 Å². The van der Waals surface area contributed by atoms with Gasteiger partial charge in [0.1, 0.15) is 70.1 Å². The molecule has 0 unspecified atom stereocenters. The Balaban J connectivity index is 1.07. The fraction of sp³-hybridized carbons (Fsp3) is 0.522. The number of H-pyrrole nitrogens is 2. The number of amides is 4. The lowest BCUT2D eigenvalue weighted by Gasteiger charge is -2.38. The van der Waals surface area contributed by atoms with Crippen LogP contribution in [0, 0.1) is 22.7 Å². The number of ether oxygens (including phenoxy) is 4. The number of hydrogen-bond acceptors (Lipinski definition) is 10. The van der Waals surface area contributed by atoms with Crippen LogP contribution in [0.25, 0.3) is 33.6 Å². The van der Waals surface area contributed by atoms with Crippen molar-refractivity contribution in [2.75, 3.05) is 27.3 Å². The summed E-state index contributed by atoms with van der Waals surface area (Å²) in [5, 5.41) is 4.41. The molecular weight excluding hydrogens is 977 g/mol. The van der Waals surface area contributed by atoms with Gasteiger partial charge in [-0.15, -0.1) is 0 Å². The van der Waals surface area contributed by atoms with E-state index in [4.69, 9.17) is 42.6 Å². The predicted molar refractivity (Wildman–Crippen MR) is 241 cm³/mol. The van der Waals surface area contributed by atoms with Crippen molar-refractivity contribution in [2.24, 2.45) is 22.7 Å². The lowest BCUT2D eigenvalue weighted by Crippen LogP contribution is -2.59. The first kappa shape index (κ1) is 50.5. The maximum atomic E-state index is 14.3. The fourth-order valence-corrected chi connectivity index (χ4v) is 10.1. The Kier molecular flexibility index (Phi) is 13.0. The topological polar surface area (TPSA) is 193 Å². The van der Waals surface area contributed by atoms with Crippen molar-refractivity contribution in [3.05, 3.63) is 57.3 Å². The standard InChI is InChI=1S/C46H50Cl2F6N8O8/c1-19-9-25(61(15-19)39(63)33(57-41(65)67-7)43(3,4)45(49,50)51)37-55-31(35(47)59-37)21-11-23-17-70-28-14-22(12-24-18-69-27(13-21)29(23)30(24)28)32-36(48)60-38(56-32)26-10-20(2)16-62(26)40(64)34(58-42(66)68-8)44(5,6)46(52,53)54/h11-14,19-20,25-26,33-34H,9-10,15-18H2,1-8H3,(H,55,59)(H,56,60)(H,57,65)(H,58,66)/t19-,20-,25+,26+,33-,34-/m1/s1. The van der Waals surface area contributed by atoms with E-state index >= 15 is 0 Å². The van der Waals surface area contributed by atoms with Gasteiger partial charge in [-0.1, -0.05) is 37.0 Å². The second-order valence-electron chi connectivity index (χ2n) is 19.4. The second-order valence-corrected chi connectivity index (χ2v) is 20.2. The van der Waals surface area contributed by atoms with E-state index in [-0.39, 0.29) is 60.1 Å². The zero-order valence-electron chi connectivity index (χ0n) is 39.1. The van der Waals surface area contributed by atoms with Crippen molar-refractivity contribution in [1.29, 1.82) is 0 Å². The number of carbonyl (C=O) groups excluding carboxylic acids is 4. The highest BCUT2D eigenvalue weighted by atomic mass is 35.5. The number of hydrogen-bond donors (Lipinski definition) is 4. The minimum absolute atomic E-state index is 0.0714. The third kappa shape index (κ3) is 8.82. The predicted octanol–water partition coefficient (Wildman–Crippen LogP) is 9.67. The maximum absolute atomic E-state index is 14.3. The largest absolute Gasteiger partial charge is 0.488 e. The number of alkyl halides is 6. The summed E-state index contributed by atoms with van der Waals surface area (Å²) in [7, 11) is 1.98. The fourth-order valence-electron chi connectivity index (χ4n) is 9.60. The molecule has 0 radical (unpaired) electrons. The van der Waals surface area contributed by atoms with E-state index in [9.17, 15) is 45.5 Å². The number of nitrogens with one attached hydrogen (secondary N) is 4. The molecule has 6 atom stereocenters. The monoisotopic (exact) mass is 1030 g/mol. The molecular formula is C46H50Cl2F6N8O8. The van der Waals surface area contributed by atoms with Crippen LogP contribution < -0.4 is 20.1 Å². The van der Waals surface area contributed by atoms with Gasteiger partial charge in [-0.25, -0.2) is 19.6 Å². The number of nitrogens with zero attached hydrogens (tertiary/aromatic N) is 4. The van der Waals surface area contributed by atoms with E-state index in [1.54, 1.807) is 12.1 Å². The normalized spacial score (nSPS) is 20.8. The van der Waals surface area contributed by atoms with Gasteiger partial charge < -0.3 is 49.3 Å². The van der Waals surface area contributed by atoms with Crippen molar-refractivity contribution >= 4 is 47.2 Å². The first-order chi connectivity index (χ1) is 32.7. The summed E-state index contributed by atoms with van der Waals surface area (Å²) in [4.78, 5) is 70.7. The first-order valence-electron chi connectivity index (χ1n) is 22.2. The average molecular weight is 1030 g/mol. The molecule has 8 rings (SSSR count). The van der Waals surface area contributed by atoms with Gasteiger partial charge >= 0.3 is 24.5 Å². The summed E-state index contributed by atoms with van der Waals surface area (Å²) in [5.74, 6) is -0.787. The Labute approximate surface area is 407 Å². The zero-order valence-corrected chi connectivity index (χ0v) is 40.6. The van der Waals surface area contributed by atoms with Gasteiger partial charge in [0, 0.05) is 46.5 Å². The molecule has 378 valence electrons. The van der Waals surface area contributed by atoms with Gasteiger partial charge in [-0.05, 0) is 76.6 Å². The molecule has 2 saturated heterocycles. The number of carbonyl (C=O) groups is 4. The minimum atomic E-state index is -4.87. The molecule has 4 amide bonds. The van der Waals surface area contributed by atoms with E-state index in [0.29, 0.717) is 46.9 Å². The Bertz CT molecular complexity index is 2530. The van der Waals surface area contributed by atoms with Crippen molar-refractivity contribution in [1.82, 2.24) is 40.4 Å². The second kappa shape index (κ2) is 18.1. The number of rotatable bonds is 10. The lowest BCUT2D eigenvalue weighted by atomic mass is 9.82. The van der Waals surface area contributed by atoms with Crippen LogP contribution >= 0.6 is 23.2 Å². The molecule has 0 spiro atoms. The molecule has 24 heteroatoms. The number of halogens is 8. The van der Waals surface area contributed by atoms with Crippen LogP contribution in [0.3, 0.4) is 0 Å². The molecule has 6 heterocycles. The molecule has 2 aromatic heterocycles. The summed E-state index contributed by atoms with van der Waals surface area (Å²) < 4.78 is 108. The van der Waals surface area contributed by atoms with E-state index < -0.39 is 71.4 Å². The number of alkyl carbamates (subject to hydrolysis) is 2. The molecule has 0 saturated carbocycles. The average Bonchev–Trinajstić information content (AvgIpc) is 4.09. The van der Waals surface area contributed by atoms with Crippen molar-refractivity contribution in [2.45, 2.75) is 104 Å². The Morgan fingerprint density at radius 1 is 0.671 bits per heavy atom. The SMILES string of the molecule is COC(=O)N[C@H](C(=O)N1C[C@H](C)C[C@H]1c1nc(-c2cc3c4c(c2)OCc2cc(-c5nc([C@@H]6C[C@@H](C)CN6C(=O)[C@@H](NC(=O)OC)C(C)(C)C(F)(F)F)[nH]c5Cl)cc(c2-4)OC3)c(Cl)[nH]1)C(C)(C)C(F)(F)F. The molecule has 16 nitrogen and oxygen atoms in total. The summed E-state index contributed by atoms with van der Waals surface area (Å²) >= 11 is 13.6. The molecule has 2 aromatic carbocycles. The smallest absolute Gasteiger partial charge is 0.407 e. The number of benzene rings is 2. The van der Waals surface area contributed by atoms with Crippen LogP contribution in [0.4, 0.5) is 35.9 Å². The summed E-state index contributed by atoms with van der Waals surface area (Å²) in [5.41, 5.74) is -0.766. The highest BCUT2D eigenvalue weighted by molar-refractivity contribution is 6.32. The van der Waals surface area contributed by atoms with Crippen LogP contribution in [0.2, 0.25) is 10.3 Å². The Hall–Kier alpha value is -5.90. The third-order valence-corrected chi connectivity index (χ3v) is 14.3. The van der Waals surface area contributed by atoms with E-state index in [2.05, 4.69) is 30.1 Å². The van der Waals surface area contributed by atoms with Crippen LogP contribution in [0.5, 0.6) is 11.5 Å². The first-order valence-corrected chi connectivity index (χ1v) is 23.0. The number of methoxy groups -OCH3 is 2. The van der Waals surface area contributed by atoms with Gasteiger partial charge in [0.2, 0.25) is 11.8 Å². The van der Waals surface area contributed by atoms with E-state index in [1.807, 2.05) is 26.0 Å². The Morgan fingerprint density at radius 3 is 1.36 bits per heavy atom. The molecule has 4 aliphatic rings. The van der Waals surface area contributed by atoms with Crippen molar-refractivity contribution < 1.29 is 64.5 Å². The summed E-state index contributed by atoms with van der Waals surface area (Å²) in [6.45, 7) is 7.33. The number of imidazole rings is 2. The van der Waals surface area contributed by atoms with Crippen molar-refractivity contribution in [3.8, 4) is 45.1 Å². The molecule has 70 heavy (non-hydrogen) atoms. The van der Waals surface area contributed by atoms with E-state index in [0.717, 1.165) is 64.2 Å². The quantitative estimate of drug-likeness (QED) is 0.111. The molecule has 4 aliphatic heterocycles. The van der Waals surface area contributed by atoms with E-state index in [1.165, 1.54) is 9.80 Å². The lowest BCUT2D eigenvalue weighted by molar-refractivity contribution is -0.222. The number of likely N-dealkylation sites (tertiary alicyclic amines) is 2. The third-order valence-electron chi connectivity index (χ3n) is 13.8. The van der Waals surface area contributed by atoms with Gasteiger partial charge in [-0.3, -0.25) is 9.59 Å². The molecule has 0 bridgehead atoms. The van der Waals surface area contributed by atoms with Gasteiger partial charge in [-0.2, -0.15) is 26.3 Å². The molecule has 4 aromatic rings. The van der Waals surface area contributed by atoms with Gasteiger partial charge in [0.05, 0.1) is 37.1 Å². The molecule has 4 N–H and O–H groups in total. The van der Waals surface area contributed by atoms with Gasteiger partial charge in [0.25, 0.3) is 0 Å². The number of aromatic nitrogens is 4. The minimum Gasteiger partial charge on any atom is -0.488 e. The Morgan fingerprint density at radius 2 is 1.03 bits per heavy atom. The summed E-state index contributed by atoms with van der Waals surface area (Å²) in [6.07, 6.45) is -11.5. The van der Waals surface area contributed by atoms with Crippen LogP contribution in [0.1, 0.15) is 89.2 Å². The molecule has 0 aliphatic carbocycles. The highest BCUT2D eigenvalue weighted by Gasteiger charge is 2.59. The zero-order chi connectivity index (χ0) is 51.2. The van der Waals surface area contributed by atoms with Crippen LogP contribution in [-0.4, -0.2) is 105 Å². The summed E-state index contributed by atoms with van der Waals surface area (Å²) in [6, 6.07) is 1.49. The van der Waals surface area contributed by atoms with Crippen molar-refractivity contribution in [3.63, 3.8) is 0 Å². The molecule has 2 fully saturated rings. The highest BCUT2D eigenvalue weighted by Crippen LogP contribution is 2.52. The number of aromatic amines is 2. The van der Waals surface area contributed by atoms with Crippen LogP contribution in [-0.2, 0) is 32.3 Å².